The van der Waals surface area contributed by atoms with E-state index in [0.29, 0.717) is 25.0 Å². The molecule has 0 fully saturated rings. The van der Waals surface area contributed by atoms with Gasteiger partial charge in [0.15, 0.2) is 0 Å². The zero-order valence-corrected chi connectivity index (χ0v) is 15.0. The number of nitrogens with zero attached hydrogens (tertiary/aromatic N) is 3. The fourth-order valence-corrected chi connectivity index (χ4v) is 3.39. The molecule has 0 aliphatic carbocycles. The van der Waals surface area contributed by atoms with Gasteiger partial charge in [0.05, 0.1) is 11.7 Å². The number of benzene rings is 2. The van der Waals surface area contributed by atoms with E-state index in [4.69, 9.17) is 10.5 Å². The Morgan fingerprint density at radius 3 is 2.33 bits per heavy atom. The van der Waals surface area contributed by atoms with Crippen molar-refractivity contribution in [2.75, 3.05) is 6.61 Å². The van der Waals surface area contributed by atoms with Gasteiger partial charge in [0.2, 0.25) is 0 Å². The van der Waals surface area contributed by atoms with Gasteiger partial charge in [-0.3, -0.25) is 5.41 Å². The first-order valence-corrected chi connectivity index (χ1v) is 9.11. The Balaban J connectivity index is 1.90. The van der Waals surface area contributed by atoms with E-state index < -0.39 is 0 Å². The Hall–Kier alpha value is -3.18. The highest BCUT2D eigenvalue weighted by Gasteiger charge is 2.15. The van der Waals surface area contributed by atoms with Crippen molar-refractivity contribution in [2.24, 2.45) is 0 Å². The molecule has 5 nitrogen and oxygen atoms in total. The maximum absolute atomic E-state index is 9.13. The molecule has 4 aromatic rings. The summed E-state index contributed by atoms with van der Waals surface area (Å²) >= 11 is 0. The summed E-state index contributed by atoms with van der Waals surface area (Å²) in [6.45, 7) is 1.39. The van der Waals surface area contributed by atoms with Crippen molar-refractivity contribution in [1.29, 1.82) is 5.41 Å². The molecule has 0 bridgehead atoms. The molecule has 0 spiro atoms. The van der Waals surface area contributed by atoms with Crippen LogP contribution in [0.1, 0.15) is 12.0 Å². The summed E-state index contributed by atoms with van der Waals surface area (Å²) in [5.41, 5.74) is 4.52. The number of hydrogen-bond donors (Lipinski definition) is 2. The molecule has 0 radical (unpaired) electrons. The van der Waals surface area contributed by atoms with E-state index in [1.54, 1.807) is 10.9 Å². The molecule has 2 N–H and O–H groups in total. The summed E-state index contributed by atoms with van der Waals surface area (Å²) in [7, 11) is 0. The van der Waals surface area contributed by atoms with Gasteiger partial charge in [-0.05, 0) is 17.5 Å². The van der Waals surface area contributed by atoms with Crippen molar-refractivity contribution < 1.29 is 5.11 Å². The molecular weight excluding hydrogens is 336 g/mol. The van der Waals surface area contributed by atoms with Crippen molar-refractivity contribution >= 4 is 11.0 Å². The molecular formula is C22H22N4O. The molecule has 0 aliphatic heterocycles. The zero-order chi connectivity index (χ0) is 18.6. The normalized spacial score (nSPS) is 11.1. The maximum Gasteiger partial charge on any atom is 0.146 e. The topological polar surface area (TPSA) is 66.8 Å². The van der Waals surface area contributed by atoms with Crippen LogP contribution >= 0.6 is 0 Å². The lowest BCUT2D eigenvalue weighted by atomic mass is 10.1. The molecule has 2 aromatic heterocycles. The Kier molecular flexibility index (Phi) is 4.85. The first-order chi connectivity index (χ1) is 13.3. The van der Waals surface area contributed by atoms with Crippen molar-refractivity contribution in [3.8, 4) is 11.1 Å². The lowest BCUT2D eigenvalue weighted by Crippen LogP contribution is -2.21. The van der Waals surface area contributed by atoms with E-state index in [0.717, 1.165) is 22.2 Å². The van der Waals surface area contributed by atoms with Crippen LogP contribution in [0.15, 0.2) is 73.2 Å². The average molecular weight is 358 g/mol. The first kappa shape index (κ1) is 17.2. The predicted molar refractivity (Wildman–Crippen MR) is 106 cm³/mol. The highest BCUT2D eigenvalue weighted by atomic mass is 16.3. The largest absolute Gasteiger partial charge is 0.396 e. The summed E-state index contributed by atoms with van der Waals surface area (Å²) in [6.07, 6.45) is 4.40. The second-order valence-electron chi connectivity index (χ2n) is 6.58. The van der Waals surface area contributed by atoms with Crippen LogP contribution in [0.3, 0.4) is 0 Å². The molecule has 0 atom stereocenters. The molecule has 5 heteroatoms. The Bertz CT molecular complexity index is 1100. The Morgan fingerprint density at radius 2 is 1.63 bits per heavy atom. The second kappa shape index (κ2) is 7.60. The third kappa shape index (κ3) is 3.41. The minimum Gasteiger partial charge on any atom is -0.396 e. The van der Waals surface area contributed by atoms with E-state index >= 15 is 0 Å². The number of aryl methyl sites for hydroxylation is 1. The molecule has 0 unspecified atom stereocenters. The number of aliphatic hydroxyl groups excluding tert-OH is 1. The van der Waals surface area contributed by atoms with Gasteiger partial charge in [-0.1, -0.05) is 60.7 Å². The molecule has 4 rings (SSSR count). The quantitative estimate of drug-likeness (QED) is 0.555. The lowest BCUT2D eigenvalue weighted by molar-refractivity contribution is 0.278. The summed E-state index contributed by atoms with van der Waals surface area (Å²) < 4.78 is 3.92. The van der Waals surface area contributed by atoms with Crippen molar-refractivity contribution in [3.05, 3.63) is 84.2 Å². The van der Waals surface area contributed by atoms with Gasteiger partial charge in [0.1, 0.15) is 11.1 Å². The number of aliphatic hydroxyl groups is 1. The number of fused-ring (bicyclic) bond motifs is 1. The molecule has 2 aromatic carbocycles. The SMILES string of the molecule is N=c1c2c(-c3ccccc3)cn(Cc3ccccc3)c2ncn1CCCO. The summed E-state index contributed by atoms with van der Waals surface area (Å²) in [5.74, 6) is 0. The van der Waals surface area contributed by atoms with E-state index in [1.807, 2.05) is 36.4 Å². The van der Waals surface area contributed by atoms with Crippen molar-refractivity contribution in [1.82, 2.24) is 14.1 Å². The van der Waals surface area contributed by atoms with Crippen molar-refractivity contribution in [3.63, 3.8) is 0 Å². The van der Waals surface area contributed by atoms with E-state index in [2.05, 4.69) is 40.0 Å². The van der Waals surface area contributed by atoms with Crippen LogP contribution in [0.5, 0.6) is 0 Å². The molecule has 0 aliphatic rings. The van der Waals surface area contributed by atoms with Crippen LogP contribution in [-0.4, -0.2) is 25.8 Å². The third-order valence-electron chi connectivity index (χ3n) is 4.73. The summed E-state index contributed by atoms with van der Waals surface area (Å²) in [4.78, 5) is 4.66. The smallest absolute Gasteiger partial charge is 0.146 e. The van der Waals surface area contributed by atoms with Gasteiger partial charge in [0, 0.05) is 31.5 Å². The fraction of sp³-hybridized carbons (Fsp3) is 0.182. The Morgan fingerprint density at radius 1 is 0.926 bits per heavy atom. The van der Waals surface area contributed by atoms with Gasteiger partial charge in [-0.15, -0.1) is 0 Å². The van der Waals surface area contributed by atoms with Gasteiger partial charge < -0.3 is 14.2 Å². The van der Waals surface area contributed by atoms with Gasteiger partial charge >= 0.3 is 0 Å². The Labute approximate surface area is 157 Å². The van der Waals surface area contributed by atoms with Crippen LogP contribution < -0.4 is 5.49 Å². The van der Waals surface area contributed by atoms with Gasteiger partial charge in [-0.25, -0.2) is 4.98 Å². The second-order valence-corrected chi connectivity index (χ2v) is 6.58. The van der Waals surface area contributed by atoms with Crippen LogP contribution in [0.4, 0.5) is 0 Å². The number of nitrogens with one attached hydrogen (secondary N) is 1. The van der Waals surface area contributed by atoms with Gasteiger partial charge in [0.25, 0.3) is 0 Å². The number of aromatic nitrogens is 3. The maximum atomic E-state index is 9.13. The van der Waals surface area contributed by atoms with Crippen molar-refractivity contribution in [2.45, 2.75) is 19.5 Å². The van der Waals surface area contributed by atoms with Crippen LogP contribution in [0, 0.1) is 5.41 Å². The third-order valence-corrected chi connectivity index (χ3v) is 4.73. The van der Waals surface area contributed by atoms with E-state index in [1.165, 1.54) is 5.56 Å². The molecule has 0 saturated heterocycles. The average Bonchev–Trinajstić information content (AvgIpc) is 3.08. The van der Waals surface area contributed by atoms with E-state index in [9.17, 15) is 0 Å². The molecule has 27 heavy (non-hydrogen) atoms. The lowest BCUT2D eigenvalue weighted by Gasteiger charge is -2.08. The van der Waals surface area contributed by atoms with Gasteiger partial charge in [-0.2, -0.15) is 0 Å². The summed E-state index contributed by atoms with van der Waals surface area (Å²) in [5, 5.41) is 18.7. The monoisotopic (exact) mass is 358 g/mol. The number of rotatable bonds is 6. The highest BCUT2D eigenvalue weighted by Crippen LogP contribution is 2.27. The molecule has 136 valence electrons. The van der Waals surface area contributed by atoms with E-state index in [-0.39, 0.29) is 6.61 Å². The summed E-state index contributed by atoms with van der Waals surface area (Å²) in [6, 6.07) is 20.4. The molecule has 0 amide bonds. The molecule has 0 saturated carbocycles. The standard InChI is InChI=1S/C22H22N4O/c23-21-20-19(18-10-5-2-6-11-18)15-26(14-17-8-3-1-4-9-17)22(20)24-16-25(21)12-7-13-27/h1-6,8-11,15-16,23,27H,7,12-14H2. The fourth-order valence-electron chi connectivity index (χ4n) is 3.39. The van der Waals surface area contributed by atoms with Crippen LogP contribution in [0.25, 0.3) is 22.2 Å². The zero-order valence-electron chi connectivity index (χ0n) is 15.0. The minimum atomic E-state index is 0.102. The molecule has 2 heterocycles. The van der Waals surface area contributed by atoms with Crippen LogP contribution in [-0.2, 0) is 13.1 Å². The number of hydrogen-bond acceptors (Lipinski definition) is 3. The van der Waals surface area contributed by atoms with Crippen LogP contribution in [0.2, 0.25) is 0 Å². The minimum absolute atomic E-state index is 0.102. The highest BCUT2D eigenvalue weighted by molar-refractivity contribution is 5.93. The first-order valence-electron chi connectivity index (χ1n) is 9.11. The predicted octanol–water partition coefficient (Wildman–Crippen LogP) is 3.41.